The lowest BCUT2D eigenvalue weighted by Gasteiger charge is -2.17. The second kappa shape index (κ2) is 8.97. The van der Waals surface area contributed by atoms with Crippen molar-refractivity contribution in [2.45, 2.75) is 29.5 Å². The number of hydrogen-bond acceptors (Lipinski definition) is 3. The van der Waals surface area contributed by atoms with Gasteiger partial charge < -0.3 is 9.30 Å². The van der Waals surface area contributed by atoms with Gasteiger partial charge in [-0.15, -0.1) is 11.8 Å². The van der Waals surface area contributed by atoms with Crippen LogP contribution in [0.2, 0.25) is 5.02 Å². The first-order valence-corrected chi connectivity index (χ1v) is 9.49. The molecule has 0 saturated carbocycles. The maximum absolute atomic E-state index is 5.98. The summed E-state index contributed by atoms with van der Waals surface area (Å²) >= 11 is 7.87. The zero-order valence-corrected chi connectivity index (χ0v) is 15.7. The minimum Gasteiger partial charge on any atom is -0.497 e. The Kier molecular flexibility index (Phi) is 6.42. The minimum atomic E-state index is 0.457. The molecule has 1 heterocycles. The van der Waals surface area contributed by atoms with Crippen molar-refractivity contribution in [3.63, 3.8) is 0 Å². The quantitative estimate of drug-likeness (QED) is 0.499. The number of ether oxygens (including phenoxy) is 1. The van der Waals surface area contributed by atoms with Crippen molar-refractivity contribution < 1.29 is 4.74 Å². The molecule has 5 heteroatoms. The van der Waals surface area contributed by atoms with Gasteiger partial charge in [-0.05, 0) is 54.8 Å². The van der Waals surface area contributed by atoms with E-state index in [9.17, 15) is 0 Å². The van der Waals surface area contributed by atoms with Crippen LogP contribution in [0.5, 0.6) is 5.75 Å². The number of aromatic nitrogens is 2. The summed E-state index contributed by atoms with van der Waals surface area (Å²) in [6.45, 7) is 0.935. The topological polar surface area (TPSA) is 27.1 Å². The van der Waals surface area contributed by atoms with Gasteiger partial charge in [0.15, 0.2) is 0 Å². The van der Waals surface area contributed by atoms with Crippen molar-refractivity contribution in [1.29, 1.82) is 0 Å². The van der Waals surface area contributed by atoms with Gasteiger partial charge in [-0.25, -0.2) is 4.98 Å². The maximum Gasteiger partial charge on any atom is 0.118 e. The van der Waals surface area contributed by atoms with Crippen LogP contribution in [0.15, 0.2) is 72.1 Å². The standard InChI is InChI=1S/C20H21ClN2OS/c1-24-18-7-10-19(11-8-18)25-20(14-23-13-12-22-15-23)9-4-16-2-5-17(21)6-3-16/h2-3,5-8,10-13,15,20H,4,9,14H2,1H3. The van der Waals surface area contributed by atoms with Crippen molar-refractivity contribution in [2.75, 3.05) is 7.11 Å². The van der Waals surface area contributed by atoms with Gasteiger partial charge in [-0.3, -0.25) is 0 Å². The molecule has 0 aliphatic carbocycles. The number of halogens is 1. The Labute approximate surface area is 158 Å². The van der Waals surface area contributed by atoms with Gasteiger partial charge in [0.1, 0.15) is 5.75 Å². The summed E-state index contributed by atoms with van der Waals surface area (Å²) in [7, 11) is 1.69. The van der Waals surface area contributed by atoms with Crippen LogP contribution in [-0.4, -0.2) is 21.9 Å². The fourth-order valence-corrected chi connectivity index (χ4v) is 3.93. The maximum atomic E-state index is 5.98. The van der Waals surface area contributed by atoms with E-state index >= 15 is 0 Å². The Hall–Kier alpha value is -1.91. The summed E-state index contributed by atoms with van der Waals surface area (Å²) in [5.41, 5.74) is 1.32. The van der Waals surface area contributed by atoms with Crippen molar-refractivity contribution in [1.82, 2.24) is 9.55 Å². The number of rotatable bonds is 8. The number of hydrogen-bond donors (Lipinski definition) is 0. The summed E-state index contributed by atoms with van der Waals surface area (Å²) in [6, 6.07) is 16.4. The number of benzene rings is 2. The summed E-state index contributed by atoms with van der Waals surface area (Å²) < 4.78 is 7.38. The van der Waals surface area contributed by atoms with Gasteiger partial charge in [0.25, 0.3) is 0 Å². The van der Waals surface area contributed by atoms with Gasteiger partial charge in [0, 0.05) is 34.1 Å². The van der Waals surface area contributed by atoms with Crippen LogP contribution in [0.25, 0.3) is 0 Å². The van der Waals surface area contributed by atoms with E-state index in [2.05, 4.69) is 33.8 Å². The monoisotopic (exact) mass is 372 g/mol. The average Bonchev–Trinajstić information content (AvgIpc) is 3.15. The zero-order valence-electron chi connectivity index (χ0n) is 14.1. The molecule has 3 rings (SSSR count). The van der Waals surface area contributed by atoms with E-state index in [0.717, 1.165) is 30.2 Å². The Bertz CT molecular complexity index is 757. The molecule has 0 aliphatic heterocycles. The van der Waals surface area contributed by atoms with Gasteiger partial charge >= 0.3 is 0 Å². The highest BCUT2D eigenvalue weighted by atomic mass is 35.5. The normalized spacial score (nSPS) is 12.1. The van der Waals surface area contributed by atoms with Crippen molar-refractivity contribution in [3.05, 3.63) is 77.8 Å². The van der Waals surface area contributed by atoms with Gasteiger partial charge in [0.2, 0.25) is 0 Å². The largest absolute Gasteiger partial charge is 0.497 e. The third kappa shape index (κ3) is 5.55. The van der Waals surface area contributed by atoms with Crippen LogP contribution in [-0.2, 0) is 13.0 Å². The Morgan fingerprint density at radius 2 is 1.88 bits per heavy atom. The molecule has 0 N–H and O–H groups in total. The first-order chi connectivity index (χ1) is 12.2. The fourth-order valence-electron chi connectivity index (χ4n) is 2.64. The lowest BCUT2D eigenvalue weighted by atomic mass is 10.1. The molecule has 1 unspecified atom stereocenters. The molecule has 1 atom stereocenters. The molecule has 3 nitrogen and oxygen atoms in total. The molecule has 25 heavy (non-hydrogen) atoms. The molecule has 1 aromatic heterocycles. The van der Waals surface area contributed by atoms with E-state index < -0.39 is 0 Å². The second-order valence-electron chi connectivity index (χ2n) is 5.84. The van der Waals surface area contributed by atoms with Crippen LogP contribution in [0.1, 0.15) is 12.0 Å². The highest BCUT2D eigenvalue weighted by molar-refractivity contribution is 8.00. The van der Waals surface area contributed by atoms with E-state index in [-0.39, 0.29) is 0 Å². The molecular weight excluding hydrogens is 352 g/mol. The average molecular weight is 373 g/mol. The van der Waals surface area contributed by atoms with Gasteiger partial charge in [-0.1, -0.05) is 23.7 Å². The highest BCUT2D eigenvalue weighted by Gasteiger charge is 2.12. The van der Waals surface area contributed by atoms with E-state index in [0.29, 0.717) is 5.25 Å². The SMILES string of the molecule is COc1ccc(SC(CCc2ccc(Cl)cc2)Cn2ccnc2)cc1. The van der Waals surface area contributed by atoms with Gasteiger partial charge in [-0.2, -0.15) is 0 Å². The molecule has 0 spiro atoms. The number of imidazole rings is 1. The number of nitrogens with zero attached hydrogens (tertiary/aromatic N) is 2. The number of thioether (sulfide) groups is 1. The molecule has 3 aromatic rings. The highest BCUT2D eigenvalue weighted by Crippen LogP contribution is 2.29. The molecule has 130 valence electrons. The lowest BCUT2D eigenvalue weighted by Crippen LogP contribution is -2.13. The lowest BCUT2D eigenvalue weighted by molar-refractivity contribution is 0.414. The van der Waals surface area contributed by atoms with Crippen LogP contribution in [0, 0.1) is 0 Å². The van der Waals surface area contributed by atoms with E-state index in [4.69, 9.17) is 16.3 Å². The summed E-state index contributed by atoms with van der Waals surface area (Å²) in [4.78, 5) is 5.41. The second-order valence-corrected chi connectivity index (χ2v) is 7.65. The Morgan fingerprint density at radius 3 is 2.52 bits per heavy atom. The number of aryl methyl sites for hydroxylation is 1. The third-order valence-corrected chi connectivity index (χ3v) is 5.52. The zero-order chi connectivity index (χ0) is 17.5. The van der Waals surface area contributed by atoms with E-state index in [1.165, 1.54) is 10.5 Å². The minimum absolute atomic E-state index is 0.457. The molecule has 0 aliphatic rings. The molecule has 2 aromatic carbocycles. The summed E-state index contributed by atoms with van der Waals surface area (Å²) in [5.74, 6) is 0.886. The Balaban J connectivity index is 1.66. The number of methoxy groups -OCH3 is 1. The predicted octanol–water partition coefficient (Wildman–Crippen LogP) is 5.34. The van der Waals surface area contributed by atoms with Crippen LogP contribution < -0.4 is 4.74 Å². The fraction of sp³-hybridized carbons (Fsp3) is 0.250. The van der Waals surface area contributed by atoms with Crippen LogP contribution in [0.4, 0.5) is 0 Å². The predicted molar refractivity (Wildman–Crippen MR) is 105 cm³/mol. The first kappa shape index (κ1) is 17.9. The first-order valence-electron chi connectivity index (χ1n) is 8.24. The molecule has 0 radical (unpaired) electrons. The van der Waals surface area contributed by atoms with Crippen molar-refractivity contribution in [3.8, 4) is 5.75 Å². The van der Waals surface area contributed by atoms with Gasteiger partial charge in [0.05, 0.1) is 13.4 Å². The molecule has 0 amide bonds. The van der Waals surface area contributed by atoms with Crippen LogP contribution >= 0.6 is 23.4 Å². The smallest absolute Gasteiger partial charge is 0.118 e. The van der Waals surface area contributed by atoms with E-state index in [1.807, 2.05) is 54.7 Å². The van der Waals surface area contributed by atoms with Crippen molar-refractivity contribution in [2.24, 2.45) is 0 Å². The van der Waals surface area contributed by atoms with Crippen LogP contribution in [0.3, 0.4) is 0 Å². The molecule has 0 saturated heterocycles. The summed E-state index contributed by atoms with van der Waals surface area (Å²) in [6.07, 6.45) is 7.83. The summed E-state index contributed by atoms with van der Waals surface area (Å²) in [5, 5.41) is 1.24. The third-order valence-electron chi connectivity index (χ3n) is 4.00. The van der Waals surface area contributed by atoms with Crippen molar-refractivity contribution >= 4 is 23.4 Å². The molecular formula is C20H21ClN2OS. The molecule has 0 bridgehead atoms. The Morgan fingerprint density at radius 1 is 1.12 bits per heavy atom. The molecule has 0 fully saturated rings. The van der Waals surface area contributed by atoms with E-state index in [1.54, 1.807) is 7.11 Å².